The lowest BCUT2D eigenvalue weighted by Gasteiger charge is -2.29. The molecule has 1 aliphatic rings. The van der Waals surface area contributed by atoms with Crippen LogP contribution < -0.4 is 0 Å². The average Bonchev–Trinajstić information content (AvgIpc) is 2.76. The van der Waals surface area contributed by atoms with Crippen LogP contribution in [0.3, 0.4) is 0 Å². The van der Waals surface area contributed by atoms with Crippen molar-refractivity contribution in [3.63, 3.8) is 0 Å². The molecule has 0 aromatic rings. The Morgan fingerprint density at radius 1 is 1.30 bits per heavy atom. The SMILES string of the molecule is CCN(CC(=O)N(C)C)C(=O)N1C[C@@H](O)C[C@H]1C(=O)O. The number of carbonyl (C=O) groups is 3. The topological polar surface area (TPSA) is 101 Å². The van der Waals surface area contributed by atoms with Crippen molar-refractivity contribution >= 4 is 17.9 Å². The van der Waals surface area contributed by atoms with Gasteiger partial charge in [-0.2, -0.15) is 0 Å². The molecular weight excluding hydrogens is 266 g/mol. The summed E-state index contributed by atoms with van der Waals surface area (Å²) in [4.78, 5) is 38.8. The second-order valence-electron chi connectivity index (χ2n) is 4.98. The number of aliphatic carboxylic acids is 1. The summed E-state index contributed by atoms with van der Waals surface area (Å²) in [6.07, 6.45) is -0.830. The lowest BCUT2D eigenvalue weighted by molar-refractivity contribution is -0.141. The third-order valence-electron chi connectivity index (χ3n) is 3.29. The van der Waals surface area contributed by atoms with Crippen molar-refractivity contribution in [2.24, 2.45) is 0 Å². The van der Waals surface area contributed by atoms with Gasteiger partial charge in [-0.1, -0.05) is 0 Å². The van der Waals surface area contributed by atoms with E-state index in [1.807, 2.05) is 0 Å². The van der Waals surface area contributed by atoms with Crippen LogP contribution in [0.5, 0.6) is 0 Å². The summed E-state index contributed by atoms with van der Waals surface area (Å²) in [5, 5.41) is 18.6. The molecule has 3 amide bonds. The number of β-amino-alcohol motifs (C(OH)–C–C–N with tert-alkyl or cyclic N) is 1. The maximum atomic E-state index is 12.3. The van der Waals surface area contributed by atoms with Gasteiger partial charge in [0.05, 0.1) is 6.10 Å². The van der Waals surface area contributed by atoms with Gasteiger partial charge in [0.2, 0.25) is 5.91 Å². The number of rotatable bonds is 4. The van der Waals surface area contributed by atoms with Crippen LogP contribution in [0.25, 0.3) is 0 Å². The average molecular weight is 287 g/mol. The zero-order valence-corrected chi connectivity index (χ0v) is 11.9. The number of amides is 3. The second-order valence-corrected chi connectivity index (χ2v) is 4.98. The van der Waals surface area contributed by atoms with E-state index in [0.717, 1.165) is 4.90 Å². The molecule has 20 heavy (non-hydrogen) atoms. The van der Waals surface area contributed by atoms with Gasteiger partial charge < -0.3 is 24.9 Å². The van der Waals surface area contributed by atoms with Crippen LogP contribution in [-0.2, 0) is 9.59 Å². The molecule has 0 aromatic carbocycles. The molecule has 1 fully saturated rings. The Morgan fingerprint density at radius 2 is 1.90 bits per heavy atom. The monoisotopic (exact) mass is 287 g/mol. The summed E-state index contributed by atoms with van der Waals surface area (Å²) >= 11 is 0. The Kier molecular flexibility index (Phi) is 5.32. The van der Waals surface area contributed by atoms with Crippen LogP contribution >= 0.6 is 0 Å². The predicted molar refractivity (Wildman–Crippen MR) is 70.1 cm³/mol. The highest BCUT2D eigenvalue weighted by Gasteiger charge is 2.40. The van der Waals surface area contributed by atoms with E-state index in [4.69, 9.17) is 5.11 Å². The molecule has 2 atom stereocenters. The van der Waals surface area contributed by atoms with E-state index >= 15 is 0 Å². The number of aliphatic hydroxyl groups is 1. The van der Waals surface area contributed by atoms with Crippen molar-refractivity contribution in [3.05, 3.63) is 0 Å². The molecule has 0 bridgehead atoms. The third-order valence-corrected chi connectivity index (χ3v) is 3.29. The second kappa shape index (κ2) is 6.56. The molecule has 1 heterocycles. The maximum absolute atomic E-state index is 12.3. The summed E-state index contributed by atoms with van der Waals surface area (Å²) in [5.74, 6) is -1.39. The Labute approximate surface area is 117 Å². The first kappa shape index (κ1) is 16.2. The molecule has 0 unspecified atom stereocenters. The molecule has 0 saturated carbocycles. The smallest absolute Gasteiger partial charge is 0.326 e. The molecule has 2 N–H and O–H groups in total. The van der Waals surface area contributed by atoms with E-state index in [2.05, 4.69) is 0 Å². The summed E-state index contributed by atoms with van der Waals surface area (Å²) in [6.45, 7) is 1.87. The molecular formula is C12H21N3O5. The van der Waals surface area contributed by atoms with Gasteiger partial charge in [-0.25, -0.2) is 9.59 Å². The number of carboxylic acids is 1. The molecule has 1 saturated heterocycles. The number of hydrogen-bond donors (Lipinski definition) is 2. The van der Waals surface area contributed by atoms with Crippen molar-refractivity contribution in [2.75, 3.05) is 33.7 Å². The number of aliphatic hydroxyl groups excluding tert-OH is 1. The fraction of sp³-hybridized carbons (Fsp3) is 0.750. The van der Waals surface area contributed by atoms with E-state index in [1.165, 1.54) is 9.80 Å². The largest absolute Gasteiger partial charge is 0.480 e. The van der Waals surface area contributed by atoms with E-state index in [0.29, 0.717) is 0 Å². The van der Waals surface area contributed by atoms with Gasteiger partial charge in [-0.3, -0.25) is 4.79 Å². The highest BCUT2D eigenvalue weighted by Crippen LogP contribution is 2.20. The molecule has 0 radical (unpaired) electrons. The van der Waals surface area contributed by atoms with Crippen LogP contribution in [0.15, 0.2) is 0 Å². The van der Waals surface area contributed by atoms with Gasteiger partial charge in [0, 0.05) is 33.6 Å². The Balaban J connectivity index is 2.79. The highest BCUT2D eigenvalue weighted by molar-refractivity contribution is 5.87. The van der Waals surface area contributed by atoms with E-state index < -0.39 is 24.1 Å². The summed E-state index contributed by atoms with van der Waals surface area (Å²) in [6, 6.07) is -1.58. The van der Waals surface area contributed by atoms with Gasteiger partial charge in [-0.15, -0.1) is 0 Å². The Hall–Kier alpha value is -1.83. The van der Waals surface area contributed by atoms with Crippen molar-refractivity contribution in [3.8, 4) is 0 Å². The number of carboxylic acid groups (broad SMARTS) is 1. The zero-order valence-electron chi connectivity index (χ0n) is 11.9. The van der Waals surface area contributed by atoms with Gasteiger partial charge in [0.25, 0.3) is 0 Å². The van der Waals surface area contributed by atoms with Gasteiger partial charge >= 0.3 is 12.0 Å². The number of hydrogen-bond acceptors (Lipinski definition) is 4. The number of carbonyl (C=O) groups excluding carboxylic acids is 2. The molecule has 1 rings (SSSR count). The first-order valence-electron chi connectivity index (χ1n) is 6.44. The van der Waals surface area contributed by atoms with Crippen LogP contribution in [0.1, 0.15) is 13.3 Å². The first-order chi connectivity index (χ1) is 9.27. The molecule has 114 valence electrons. The predicted octanol–water partition coefficient (Wildman–Crippen LogP) is -0.964. The van der Waals surface area contributed by atoms with Crippen LogP contribution in [0.2, 0.25) is 0 Å². The summed E-state index contributed by atoms with van der Waals surface area (Å²) in [5.41, 5.74) is 0. The number of nitrogens with zero attached hydrogens (tertiary/aromatic N) is 3. The normalized spacial score (nSPS) is 21.7. The molecule has 1 aliphatic heterocycles. The van der Waals surface area contributed by atoms with Crippen LogP contribution in [-0.4, -0.2) is 88.7 Å². The molecule has 8 nitrogen and oxygen atoms in total. The van der Waals surface area contributed by atoms with Crippen LogP contribution in [0.4, 0.5) is 4.79 Å². The summed E-state index contributed by atoms with van der Waals surface area (Å²) < 4.78 is 0. The van der Waals surface area contributed by atoms with Crippen molar-refractivity contribution in [1.82, 2.24) is 14.7 Å². The molecule has 8 heteroatoms. The van der Waals surface area contributed by atoms with Gasteiger partial charge in [0.1, 0.15) is 12.6 Å². The van der Waals surface area contributed by atoms with Gasteiger partial charge in [0.15, 0.2) is 0 Å². The quantitative estimate of drug-likeness (QED) is 0.693. The Morgan fingerprint density at radius 3 is 2.35 bits per heavy atom. The standard InChI is InChI=1S/C12H21N3O5/c1-4-14(7-10(17)13(2)3)12(20)15-6-8(16)5-9(15)11(18)19/h8-9,16H,4-7H2,1-3H3,(H,18,19)/t8-,9-/m0/s1. The number of likely N-dealkylation sites (N-methyl/N-ethyl adjacent to an activating group) is 2. The lowest BCUT2D eigenvalue weighted by atomic mass is 10.2. The minimum Gasteiger partial charge on any atom is -0.480 e. The van der Waals surface area contributed by atoms with Crippen molar-refractivity contribution < 1.29 is 24.6 Å². The highest BCUT2D eigenvalue weighted by atomic mass is 16.4. The number of likely N-dealkylation sites (tertiary alicyclic amines) is 1. The third kappa shape index (κ3) is 3.60. The fourth-order valence-corrected chi connectivity index (χ4v) is 2.06. The molecule has 0 spiro atoms. The van der Waals surface area contributed by atoms with Gasteiger partial charge in [-0.05, 0) is 6.92 Å². The molecule has 0 aliphatic carbocycles. The first-order valence-corrected chi connectivity index (χ1v) is 6.44. The maximum Gasteiger partial charge on any atom is 0.326 e. The minimum atomic E-state index is -1.15. The minimum absolute atomic E-state index is 0.0141. The fourth-order valence-electron chi connectivity index (χ4n) is 2.06. The summed E-state index contributed by atoms with van der Waals surface area (Å²) in [7, 11) is 3.17. The van der Waals surface area contributed by atoms with E-state index in [1.54, 1.807) is 21.0 Å². The lowest BCUT2D eigenvalue weighted by Crippen LogP contribution is -2.50. The van der Waals surface area contributed by atoms with E-state index in [-0.39, 0.29) is 32.0 Å². The molecule has 0 aromatic heterocycles. The Bertz CT molecular complexity index is 399. The number of urea groups is 1. The van der Waals surface area contributed by atoms with Crippen molar-refractivity contribution in [2.45, 2.75) is 25.5 Å². The van der Waals surface area contributed by atoms with E-state index in [9.17, 15) is 19.5 Å². The zero-order chi connectivity index (χ0) is 15.4. The van der Waals surface area contributed by atoms with Crippen molar-refractivity contribution in [1.29, 1.82) is 0 Å². The van der Waals surface area contributed by atoms with Crippen LogP contribution in [0, 0.1) is 0 Å².